The van der Waals surface area contributed by atoms with Crippen molar-refractivity contribution >= 4 is 27.7 Å². The van der Waals surface area contributed by atoms with Gasteiger partial charge in [0.25, 0.3) is 0 Å². The van der Waals surface area contributed by atoms with Crippen LogP contribution >= 0.6 is 27.7 Å². The summed E-state index contributed by atoms with van der Waals surface area (Å²) in [6.07, 6.45) is 0.640. The van der Waals surface area contributed by atoms with Gasteiger partial charge >= 0.3 is 4.83 Å². The summed E-state index contributed by atoms with van der Waals surface area (Å²) in [5, 5.41) is 1.17. The maximum Gasteiger partial charge on any atom is 0.353 e. The van der Waals surface area contributed by atoms with Gasteiger partial charge in [-0.2, -0.15) is 8.78 Å². The minimum atomic E-state index is -3.20. The van der Waals surface area contributed by atoms with Crippen molar-refractivity contribution in [2.75, 3.05) is 6.61 Å². The van der Waals surface area contributed by atoms with Gasteiger partial charge in [-0.05, 0) is 40.0 Å². The van der Waals surface area contributed by atoms with Gasteiger partial charge in [0.15, 0.2) is 0 Å². The van der Waals surface area contributed by atoms with Gasteiger partial charge in [-0.1, -0.05) is 60.3 Å². The van der Waals surface area contributed by atoms with Crippen LogP contribution in [0.15, 0.2) is 65.6 Å². The first-order valence-corrected chi connectivity index (χ1v) is 8.86. The van der Waals surface area contributed by atoms with E-state index in [1.807, 2.05) is 48.5 Å². The molecule has 0 bridgehead atoms. The molecule has 1 heterocycles. The highest BCUT2D eigenvalue weighted by molar-refractivity contribution is 9.10. The van der Waals surface area contributed by atoms with Gasteiger partial charge in [-0.15, -0.1) is 0 Å². The third kappa shape index (κ3) is 3.94. The number of benzene rings is 2. The fraction of sp³-hybridized carbons (Fsp3) is 0.294. The van der Waals surface area contributed by atoms with Gasteiger partial charge in [-0.25, -0.2) is 0 Å². The summed E-state index contributed by atoms with van der Waals surface area (Å²) in [6.45, 7) is 0.232. The third-order valence-corrected chi connectivity index (χ3v) is 5.69. The van der Waals surface area contributed by atoms with Crippen molar-refractivity contribution in [2.45, 2.75) is 27.2 Å². The lowest BCUT2D eigenvalue weighted by Gasteiger charge is -2.32. The molecular weight excluding hydrogens is 384 g/mol. The van der Waals surface area contributed by atoms with E-state index in [0.717, 1.165) is 22.2 Å². The molecule has 0 saturated carbocycles. The molecule has 1 saturated heterocycles. The van der Waals surface area contributed by atoms with Crippen LogP contribution < -0.4 is 5.32 Å². The number of nitrogens with one attached hydrogen (secondary N) is 1. The second-order valence-corrected chi connectivity index (χ2v) is 7.62. The fourth-order valence-electron chi connectivity index (χ4n) is 2.51. The lowest BCUT2D eigenvalue weighted by atomic mass is 10.1. The zero-order valence-electron chi connectivity index (χ0n) is 12.2. The molecule has 1 N–H and O–H groups in total. The number of rotatable bonds is 5. The summed E-state index contributed by atoms with van der Waals surface area (Å²) in [4.78, 5) is -2.48. The lowest BCUT2D eigenvalue weighted by Crippen LogP contribution is -2.52. The van der Waals surface area contributed by atoms with Crippen molar-refractivity contribution in [3.63, 3.8) is 0 Å². The van der Waals surface area contributed by atoms with Crippen molar-refractivity contribution in [1.82, 2.24) is 5.32 Å². The van der Waals surface area contributed by atoms with E-state index < -0.39 is 9.89 Å². The molecule has 0 amide bonds. The molecule has 1 fully saturated rings. The zero-order valence-corrected chi connectivity index (χ0v) is 14.6. The van der Waals surface area contributed by atoms with E-state index in [4.69, 9.17) is 4.74 Å². The Hall–Kier alpha value is -0.950. The Morgan fingerprint density at radius 1 is 1.13 bits per heavy atom. The van der Waals surface area contributed by atoms with Crippen LogP contribution in [-0.2, 0) is 11.2 Å². The second kappa shape index (κ2) is 6.89. The molecule has 6 heteroatoms. The average Bonchev–Trinajstić information content (AvgIpc) is 2.93. The molecule has 2 aromatic carbocycles. The maximum absolute atomic E-state index is 14.2. The van der Waals surface area contributed by atoms with Crippen molar-refractivity contribution in [3.05, 3.63) is 66.2 Å². The summed E-state index contributed by atoms with van der Waals surface area (Å²) in [6, 6.07) is 18.7. The van der Waals surface area contributed by atoms with Gasteiger partial charge in [0, 0.05) is 10.9 Å². The molecule has 0 unspecified atom stereocenters. The van der Waals surface area contributed by atoms with Crippen LogP contribution in [0.1, 0.15) is 5.56 Å². The first kappa shape index (κ1) is 16.9. The summed E-state index contributed by atoms with van der Waals surface area (Å²) in [7, 11) is 0. The van der Waals surface area contributed by atoms with E-state index in [9.17, 15) is 8.78 Å². The maximum atomic E-state index is 14.2. The van der Waals surface area contributed by atoms with Gasteiger partial charge in [-0.3, -0.25) is 5.32 Å². The van der Waals surface area contributed by atoms with Gasteiger partial charge in [0.2, 0.25) is 5.06 Å². The summed E-state index contributed by atoms with van der Waals surface area (Å²) in [5.74, 6) is 0. The van der Waals surface area contributed by atoms with E-state index in [2.05, 4.69) is 21.2 Å². The van der Waals surface area contributed by atoms with Crippen LogP contribution in [0.25, 0.3) is 0 Å². The summed E-state index contributed by atoms with van der Waals surface area (Å²) < 4.78 is 33.9. The highest BCUT2D eigenvalue weighted by Crippen LogP contribution is 2.49. The number of thioether (sulfide) groups is 1. The van der Waals surface area contributed by atoms with Crippen molar-refractivity contribution in [3.8, 4) is 0 Å². The van der Waals surface area contributed by atoms with Crippen LogP contribution in [0.5, 0.6) is 0 Å². The normalized spacial score (nSPS) is 24.7. The Labute approximate surface area is 146 Å². The third-order valence-electron chi connectivity index (χ3n) is 3.58. The predicted molar refractivity (Wildman–Crippen MR) is 91.9 cm³/mol. The number of alkyl halides is 3. The highest BCUT2D eigenvalue weighted by Gasteiger charge is 2.58. The Kier molecular flexibility index (Phi) is 5.06. The number of halogens is 3. The summed E-state index contributed by atoms with van der Waals surface area (Å²) >= 11 is 3.48. The molecule has 1 aliphatic rings. The van der Waals surface area contributed by atoms with E-state index in [-0.39, 0.29) is 12.6 Å². The predicted octanol–water partition coefficient (Wildman–Crippen LogP) is 4.65. The van der Waals surface area contributed by atoms with E-state index >= 15 is 0 Å². The molecule has 122 valence electrons. The topological polar surface area (TPSA) is 21.3 Å². The minimum absolute atomic E-state index is 0.169. The van der Waals surface area contributed by atoms with Gasteiger partial charge in [0.1, 0.15) is 0 Å². The SMILES string of the molecule is FC(F)(Br)[C@]1(Sc2ccccc2)N[C@@H](Cc2ccccc2)CO1. The number of hydrogen-bond acceptors (Lipinski definition) is 3. The van der Waals surface area contributed by atoms with E-state index in [1.54, 1.807) is 12.1 Å². The zero-order chi connectivity index (χ0) is 16.3. The van der Waals surface area contributed by atoms with Gasteiger partial charge in [0.05, 0.1) is 6.61 Å². The number of ether oxygens (including phenoxy) is 1. The fourth-order valence-corrected chi connectivity index (χ4v) is 4.08. The smallest absolute Gasteiger partial charge is 0.343 e. The molecule has 2 nitrogen and oxygen atoms in total. The van der Waals surface area contributed by atoms with E-state index in [0.29, 0.717) is 6.42 Å². The Bertz CT molecular complexity index is 638. The standard InChI is InChI=1S/C17H16BrF2NOS/c18-16(19,20)17(23-15-9-5-2-6-10-15)21-14(12-22-17)11-13-7-3-1-4-8-13/h1-10,14,21H,11-12H2/t14-,17-/m0/s1. The second-order valence-electron chi connectivity index (χ2n) is 5.37. The van der Waals surface area contributed by atoms with Crippen molar-refractivity contribution in [2.24, 2.45) is 0 Å². The molecule has 0 spiro atoms. The summed E-state index contributed by atoms with van der Waals surface area (Å²) in [5.41, 5.74) is 1.09. The average molecular weight is 400 g/mol. The van der Waals surface area contributed by atoms with E-state index in [1.165, 1.54) is 0 Å². The first-order valence-electron chi connectivity index (χ1n) is 7.25. The monoisotopic (exact) mass is 399 g/mol. The minimum Gasteiger partial charge on any atom is -0.343 e. The molecule has 1 aliphatic heterocycles. The molecule has 0 radical (unpaired) electrons. The molecule has 0 aromatic heterocycles. The van der Waals surface area contributed by atoms with Gasteiger partial charge < -0.3 is 4.74 Å². The largest absolute Gasteiger partial charge is 0.353 e. The molecule has 0 aliphatic carbocycles. The van der Waals surface area contributed by atoms with Crippen LogP contribution in [0.3, 0.4) is 0 Å². The Balaban J connectivity index is 1.76. The molecule has 2 aromatic rings. The Morgan fingerprint density at radius 3 is 2.35 bits per heavy atom. The molecular formula is C17H16BrF2NOS. The van der Waals surface area contributed by atoms with Crippen LogP contribution in [-0.4, -0.2) is 22.5 Å². The first-order chi connectivity index (χ1) is 11.0. The molecule has 2 atom stereocenters. The quantitative estimate of drug-likeness (QED) is 0.739. The van der Waals surface area contributed by atoms with Crippen LogP contribution in [0.2, 0.25) is 0 Å². The Morgan fingerprint density at radius 2 is 1.74 bits per heavy atom. The van der Waals surface area contributed by atoms with Crippen LogP contribution in [0.4, 0.5) is 8.78 Å². The molecule has 3 rings (SSSR count). The lowest BCUT2D eigenvalue weighted by molar-refractivity contribution is -0.0764. The van der Waals surface area contributed by atoms with Crippen LogP contribution in [0, 0.1) is 0 Å². The van der Waals surface area contributed by atoms with Crippen molar-refractivity contribution < 1.29 is 13.5 Å². The highest BCUT2D eigenvalue weighted by atomic mass is 79.9. The molecule has 23 heavy (non-hydrogen) atoms. The van der Waals surface area contributed by atoms with Crippen molar-refractivity contribution in [1.29, 1.82) is 0 Å². The number of hydrogen-bond donors (Lipinski definition) is 1.